The minimum absolute atomic E-state index is 0.0459. The molecule has 0 aliphatic heterocycles. The Morgan fingerprint density at radius 2 is 1.00 bits per heavy atom. The summed E-state index contributed by atoms with van der Waals surface area (Å²) in [6.07, 6.45) is 1.96. The quantitative estimate of drug-likeness (QED) is 0.160. The van der Waals surface area contributed by atoms with E-state index < -0.39 is 0 Å². The van der Waals surface area contributed by atoms with Gasteiger partial charge in [0.2, 0.25) is 0 Å². The maximum Gasteiger partial charge on any atom is 0.0620 e. The molecule has 0 aliphatic carbocycles. The summed E-state index contributed by atoms with van der Waals surface area (Å²) < 4.78 is 17.9. The SMILES string of the molecule is Cc1ccc(-n2[c](=[Pt])n(-c3c(-c4ccccc4)cccc3-c3cc(C(C)(C)C)cc(C(C)(C)C)c3)c3ccccc32)cc1Oc1ccc2c3cc4c5cccc6c7ccccc7n(c4cc3n(-c3cc(C(C)(C)C)ccn3)c2c1)c65. The monoisotopic (exact) mass is 1220 g/mol. The largest absolute Gasteiger partial charge is 0.0620 e. The number of rotatable bonds is 7. The van der Waals surface area contributed by atoms with Gasteiger partial charge in [-0.05, 0) is 23.1 Å². The molecule has 0 saturated heterocycles. The number of fused-ring (bicyclic) bond motifs is 10. The van der Waals surface area contributed by atoms with E-state index in [0.29, 0.717) is 0 Å². The van der Waals surface area contributed by atoms with Crippen LogP contribution in [0.1, 0.15) is 84.6 Å². The Labute approximate surface area is 477 Å². The van der Waals surface area contributed by atoms with Gasteiger partial charge in [0.15, 0.2) is 0 Å². The Bertz CT molecular complexity index is 4860. The number of nitrogens with zero attached hydrogens (tertiary/aromatic N) is 5. The molecule has 14 aromatic rings. The Morgan fingerprint density at radius 3 is 1.71 bits per heavy atom. The second-order valence-corrected chi connectivity index (χ2v) is 25.9. The minimum Gasteiger partial charge on any atom is 0.0620 e. The summed E-state index contributed by atoms with van der Waals surface area (Å²) in [4.78, 5) is 5.12. The smallest absolute Gasteiger partial charge is 0.0620 e. The molecule has 0 bridgehead atoms. The van der Waals surface area contributed by atoms with E-state index in [1.807, 2.05) is 6.20 Å². The minimum atomic E-state index is -0.0736. The number of ether oxygens (including phenoxy) is 1. The third kappa shape index (κ3) is 7.92. The molecule has 0 unspecified atom stereocenters. The Morgan fingerprint density at radius 1 is 0.412 bits per heavy atom. The first-order valence-corrected chi connectivity index (χ1v) is 29.0. The van der Waals surface area contributed by atoms with Crippen LogP contribution in [-0.4, -0.2) is 23.1 Å². The summed E-state index contributed by atoms with van der Waals surface area (Å²) >= 11 is 2.56. The van der Waals surface area contributed by atoms with Gasteiger partial charge in [-0.2, -0.15) is 0 Å². The predicted octanol–water partition coefficient (Wildman–Crippen LogP) is 19.5. The zero-order chi connectivity index (χ0) is 55.1. The number of aryl methyl sites for hydroxylation is 1. The average Bonchev–Trinajstić information content (AvgIpc) is 4.33. The number of hydrogen-bond acceptors (Lipinski definition) is 2. The zero-order valence-corrected chi connectivity index (χ0v) is 49.3. The van der Waals surface area contributed by atoms with E-state index in [-0.39, 0.29) is 16.2 Å². The van der Waals surface area contributed by atoms with Crippen molar-refractivity contribution in [3.63, 3.8) is 0 Å². The summed E-state index contributed by atoms with van der Waals surface area (Å²) in [6.45, 7) is 22.8. The van der Waals surface area contributed by atoms with Crippen molar-refractivity contribution in [3.05, 3.63) is 226 Å². The van der Waals surface area contributed by atoms with Crippen LogP contribution >= 0.6 is 0 Å². The van der Waals surface area contributed by atoms with Gasteiger partial charge in [0.05, 0.1) is 16.6 Å². The fourth-order valence-electron chi connectivity index (χ4n) is 12.3. The molecular weight excluding hydrogens is 1160 g/mol. The number of hydrogen-bond donors (Lipinski definition) is 0. The molecule has 0 radical (unpaired) electrons. The van der Waals surface area contributed by atoms with Gasteiger partial charge in [-0.3, -0.25) is 0 Å². The fourth-order valence-corrected chi connectivity index (χ4v) is 13.4. The third-order valence-electron chi connectivity index (χ3n) is 16.6. The van der Waals surface area contributed by atoms with E-state index in [0.717, 1.165) is 71.1 Å². The molecular formula is C73H63N5OPt. The molecule has 0 atom stereocenters. The van der Waals surface area contributed by atoms with Crippen molar-refractivity contribution in [1.82, 2.24) is 23.1 Å². The first kappa shape index (κ1) is 49.9. The van der Waals surface area contributed by atoms with E-state index in [4.69, 9.17) is 9.72 Å². The van der Waals surface area contributed by atoms with Gasteiger partial charge in [-0.15, -0.1) is 0 Å². The van der Waals surface area contributed by atoms with E-state index in [1.54, 1.807) is 0 Å². The van der Waals surface area contributed by atoms with Crippen molar-refractivity contribution in [2.75, 3.05) is 0 Å². The van der Waals surface area contributed by atoms with Gasteiger partial charge in [0, 0.05) is 27.7 Å². The maximum absolute atomic E-state index is 7.16. The molecule has 5 heterocycles. The molecule has 0 spiro atoms. The number of benzene rings is 9. The first-order chi connectivity index (χ1) is 38.4. The second kappa shape index (κ2) is 18.1. The van der Waals surface area contributed by atoms with Crippen molar-refractivity contribution < 1.29 is 24.1 Å². The van der Waals surface area contributed by atoms with Crippen molar-refractivity contribution in [2.24, 2.45) is 0 Å². The van der Waals surface area contributed by atoms with Gasteiger partial charge < -0.3 is 4.40 Å². The molecule has 0 aliphatic rings. The van der Waals surface area contributed by atoms with E-state index in [2.05, 4.69) is 301 Å². The van der Waals surface area contributed by atoms with E-state index in [1.165, 1.54) is 76.9 Å². The molecule has 14 rings (SSSR count). The number of aromatic nitrogens is 5. The number of pyridine rings is 1. The van der Waals surface area contributed by atoms with Crippen LogP contribution in [0.15, 0.2) is 200 Å². The fraction of sp³-hybridized carbons (Fsp3) is 0.178. The molecule has 6 nitrogen and oxygen atoms in total. The molecule has 0 saturated carbocycles. The van der Waals surface area contributed by atoms with Crippen LogP contribution in [0.2, 0.25) is 0 Å². The maximum atomic E-state index is 7.16. The molecule has 0 fully saturated rings. The van der Waals surface area contributed by atoms with Crippen LogP contribution in [0, 0.1) is 10.7 Å². The zero-order valence-electron chi connectivity index (χ0n) is 47.0. The molecule has 0 N–H and O–H groups in total. The first-order valence-electron chi connectivity index (χ1n) is 27.8. The van der Waals surface area contributed by atoms with Crippen molar-refractivity contribution in [1.29, 1.82) is 0 Å². The van der Waals surface area contributed by atoms with Gasteiger partial charge in [-0.25, -0.2) is 0 Å². The summed E-state index contributed by atoms with van der Waals surface area (Å²) in [7, 11) is 0. The molecule has 80 heavy (non-hydrogen) atoms. The second-order valence-electron chi connectivity index (χ2n) is 24.9. The van der Waals surface area contributed by atoms with E-state index in [9.17, 15) is 0 Å². The molecule has 9 aromatic carbocycles. The van der Waals surface area contributed by atoms with Crippen molar-refractivity contribution in [2.45, 2.75) is 85.5 Å². The average molecular weight is 1220 g/mol. The predicted molar refractivity (Wildman–Crippen MR) is 331 cm³/mol. The van der Waals surface area contributed by atoms with Crippen molar-refractivity contribution in [3.8, 4) is 50.9 Å². The Balaban J connectivity index is 0.945. The van der Waals surface area contributed by atoms with Crippen LogP contribution in [0.3, 0.4) is 0 Å². The van der Waals surface area contributed by atoms with Crippen LogP contribution in [-0.2, 0) is 35.6 Å². The van der Waals surface area contributed by atoms with Crippen LogP contribution in [0.5, 0.6) is 11.5 Å². The normalized spacial score (nSPS) is 12.7. The molecule has 0 amide bonds. The topological polar surface area (TPSA) is 41.3 Å². The standard InChI is InChI=1S/C73H63N5O.Pt/c1-45-30-31-51(75-44-76(63-29-17-16-28-62(63)75)69-53(46-20-12-11-13-21-46)23-18-24-54(69)47-36-49(72(5,6)7)38-50(37-47)73(8,9)10)40-67(45)79-52-32-33-56-59-42-60-58-26-19-25-57-55-22-14-15-27-61(55)78(70(57)58)66(60)43-65(59)77(64(56)41-52)68-39-48(34-35-74-68)71(2,3)4;/h11-43H,1-10H3;. The van der Waals surface area contributed by atoms with Crippen molar-refractivity contribution >= 4 is 70.9 Å². The molecule has 396 valence electrons. The van der Waals surface area contributed by atoms with E-state index >= 15 is 0 Å². The van der Waals surface area contributed by atoms with Gasteiger partial charge in [-0.1, -0.05) is 57.2 Å². The summed E-state index contributed by atoms with van der Waals surface area (Å²) in [5.74, 6) is 2.42. The van der Waals surface area contributed by atoms with Gasteiger partial charge in [0.25, 0.3) is 0 Å². The molecule has 7 heteroatoms. The van der Waals surface area contributed by atoms with Gasteiger partial charge in [0.1, 0.15) is 0 Å². The van der Waals surface area contributed by atoms with Gasteiger partial charge >= 0.3 is 352 Å². The van der Waals surface area contributed by atoms with Crippen LogP contribution in [0.25, 0.3) is 110 Å². The Kier molecular flexibility index (Phi) is 11.3. The summed E-state index contributed by atoms with van der Waals surface area (Å²) in [5.41, 5.74) is 19.6. The number of imidazole rings is 1. The van der Waals surface area contributed by atoms with Crippen LogP contribution in [0.4, 0.5) is 0 Å². The Hall–Kier alpha value is -8.31. The summed E-state index contributed by atoms with van der Waals surface area (Å²) in [5, 5.41) is 7.37. The van der Waals surface area contributed by atoms with Crippen LogP contribution < -0.4 is 4.74 Å². The third-order valence-corrected chi connectivity index (χ3v) is 17.6. The summed E-state index contributed by atoms with van der Waals surface area (Å²) in [6, 6.07) is 71.6. The molecule has 5 aromatic heterocycles. The number of para-hydroxylation sites is 5.